The molecule has 1 amide bonds. The van der Waals surface area contributed by atoms with E-state index in [2.05, 4.69) is 10.2 Å². The SMILES string of the molecule is COC(=O)c1cc(NNC(=O)O)ccc1OC. The average Bonchev–Trinajstić information content (AvgIpc) is 2.34. The normalized spacial score (nSPS) is 9.29. The van der Waals surface area contributed by atoms with Crippen molar-refractivity contribution in [3.05, 3.63) is 23.8 Å². The third-order valence-corrected chi connectivity index (χ3v) is 1.92. The van der Waals surface area contributed by atoms with Crippen molar-refractivity contribution in [2.75, 3.05) is 19.6 Å². The standard InChI is InChI=1S/C10H12N2O5/c1-16-8-4-3-6(11-12-10(14)15)5-7(8)9(13)17-2/h3-5,11-12H,1-2H3,(H,14,15). The summed E-state index contributed by atoms with van der Waals surface area (Å²) in [5.74, 6) is -0.224. The van der Waals surface area contributed by atoms with Gasteiger partial charge in [-0.15, -0.1) is 0 Å². The number of ether oxygens (including phenoxy) is 2. The second-order valence-electron chi connectivity index (χ2n) is 2.96. The van der Waals surface area contributed by atoms with Gasteiger partial charge in [0.15, 0.2) is 0 Å². The minimum Gasteiger partial charge on any atom is -0.496 e. The molecule has 0 saturated carbocycles. The Bertz CT molecular complexity index is 433. The van der Waals surface area contributed by atoms with Gasteiger partial charge in [0, 0.05) is 0 Å². The first-order valence-electron chi connectivity index (χ1n) is 4.59. The molecule has 0 fully saturated rings. The molecule has 0 spiro atoms. The van der Waals surface area contributed by atoms with Crippen LogP contribution in [0, 0.1) is 0 Å². The first-order chi connectivity index (χ1) is 8.08. The van der Waals surface area contributed by atoms with Gasteiger partial charge in [-0.1, -0.05) is 0 Å². The monoisotopic (exact) mass is 240 g/mol. The highest BCUT2D eigenvalue weighted by atomic mass is 16.5. The van der Waals surface area contributed by atoms with E-state index in [4.69, 9.17) is 9.84 Å². The summed E-state index contributed by atoms with van der Waals surface area (Å²) in [4.78, 5) is 21.7. The molecule has 0 aliphatic carbocycles. The number of esters is 1. The Balaban J connectivity index is 2.96. The molecule has 3 N–H and O–H groups in total. The van der Waals surface area contributed by atoms with Gasteiger partial charge in [0.2, 0.25) is 0 Å². The first kappa shape index (κ1) is 12.6. The predicted octanol–water partition coefficient (Wildman–Crippen LogP) is 1.08. The lowest BCUT2D eigenvalue weighted by molar-refractivity contribution is 0.0597. The van der Waals surface area contributed by atoms with Crippen LogP contribution < -0.4 is 15.6 Å². The first-order valence-corrected chi connectivity index (χ1v) is 4.59. The molecular formula is C10H12N2O5. The summed E-state index contributed by atoms with van der Waals surface area (Å²) in [7, 11) is 2.67. The molecule has 0 saturated heterocycles. The number of carbonyl (C=O) groups excluding carboxylic acids is 1. The largest absolute Gasteiger partial charge is 0.496 e. The number of hydrogen-bond acceptors (Lipinski definition) is 5. The van der Waals surface area contributed by atoms with Crippen LogP contribution in [0.5, 0.6) is 5.75 Å². The van der Waals surface area contributed by atoms with Gasteiger partial charge in [-0.3, -0.25) is 5.43 Å². The van der Waals surface area contributed by atoms with Crippen LogP contribution in [0.3, 0.4) is 0 Å². The van der Waals surface area contributed by atoms with Crippen molar-refractivity contribution in [2.24, 2.45) is 0 Å². The molecule has 0 aromatic heterocycles. The van der Waals surface area contributed by atoms with Gasteiger partial charge in [0.05, 0.1) is 19.9 Å². The van der Waals surface area contributed by atoms with Gasteiger partial charge in [-0.2, -0.15) is 0 Å². The van der Waals surface area contributed by atoms with Crippen molar-refractivity contribution in [3.8, 4) is 5.75 Å². The zero-order chi connectivity index (χ0) is 12.8. The number of hydrazine groups is 1. The zero-order valence-corrected chi connectivity index (χ0v) is 9.31. The molecule has 0 aliphatic heterocycles. The lowest BCUT2D eigenvalue weighted by Crippen LogP contribution is -2.27. The molecule has 1 rings (SSSR count). The van der Waals surface area contributed by atoms with E-state index in [0.29, 0.717) is 11.4 Å². The summed E-state index contributed by atoms with van der Waals surface area (Å²) in [6.45, 7) is 0. The molecule has 0 aliphatic rings. The van der Waals surface area contributed by atoms with E-state index >= 15 is 0 Å². The van der Waals surface area contributed by atoms with Gasteiger partial charge in [0.1, 0.15) is 11.3 Å². The maximum Gasteiger partial charge on any atom is 0.423 e. The molecule has 0 atom stereocenters. The van der Waals surface area contributed by atoms with Crippen LogP contribution in [0.25, 0.3) is 0 Å². The molecular weight excluding hydrogens is 228 g/mol. The second-order valence-corrected chi connectivity index (χ2v) is 2.96. The Morgan fingerprint density at radius 2 is 2.00 bits per heavy atom. The van der Waals surface area contributed by atoms with Crippen LogP contribution in [-0.4, -0.2) is 31.4 Å². The van der Waals surface area contributed by atoms with E-state index in [0.717, 1.165) is 0 Å². The highest BCUT2D eigenvalue weighted by Gasteiger charge is 2.13. The van der Waals surface area contributed by atoms with Gasteiger partial charge in [-0.25, -0.2) is 15.0 Å². The molecule has 92 valence electrons. The van der Waals surface area contributed by atoms with Crippen LogP contribution in [0.2, 0.25) is 0 Å². The van der Waals surface area contributed by atoms with E-state index < -0.39 is 12.1 Å². The lowest BCUT2D eigenvalue weighted by Gasteiger charge is -2.10. The molecule has 0 unspecified atom stereocenters. The maximum absolute atomic E-state index is 11.4. The Morgan fingerprint density at radius 1 is 1.29 bits per heavy atom. The molecule has 1 aromatic rings. The topological polar surface area (TPSA) is 96.9 Å². The lowest BCUT2D eigenvalue weighted by atomic mass is 10.2. The van der Waals surface area contributed by atoms with Crippen LogP contribution in [0.4, 0.5) is 10.5 Å². The summed E-state index contributed by atoms with van der Waals surface area (Å²) in [6.07, 6.45) is -1.24. The number of methoxy groups -OCH3 is 2. The molecule has 0 radical (unpaired) electrons. The summed E-state index contributed by atoms with van der Waals surface area (Å²) in [5, 5.41) is 8.41. The van der Waals surface area contributed by atoms with Crippen molar-refractivity contribution in [1.82, 2.24) is 5.43 Å². The van der Waals surface area contributed by atoms with Gasteiger partial charge < -0.3 is 14.6 Å². The summed E-state index contributed by atoms with van der Waals surface area (Å²) in [5.41, 5.74) is 4.96. The van der Waals surface area contributed by atoms with Crippen molar-refractivity contribution < 1.29 is 24.2 Å². The summed E-state index contributed by atoms with van der Waals surface area (Å²) >= 11 is 0. The minimum atomic E-state index is -1.24. The molecule has 7 heteroatoms. The van der Waals surface area contributed by atoms with Crippen LogP contribution in [0.1, 0.15) is 10.4 Å². The Hall–Kier alpha value is -2.44. The zero-order valence-electron chi connectivity index (χ0n) is 9.31. The molecule has 0 heterocycles. The fraction of sp³-hybridized carbons (Fsp3) is 0.200. The highest BCUT2D eigenvalue weighted by molar-refractivity contribution is 5.93. The molecule has 17 heavy (non-hydrogen) atoms. The molecule has 1 aromatic carbocycles. The van der Waals surface area contributed by atoms with E-state index in [-0.39, 0.29) is 5.56 Å². The number of hydrogen-bond donors (Lipinski definition) is 3. The third kappa shape index (κ3) is 3.26. The Labute approximate surface area is 97.3 Å². The fourth-order valence-corrected chi connectivity index (χ4v) is 1.18. The van der Waals surface area contributed by atoms with E-state index in [1.54, 1.807) is 6.07 Å². The van der Waals surface area contributed by atoms with E-state index in [9.17, 15) is 9.59 Å². The van der Waals surface area contributed by atoms with Crippen LogP contribution in [0.15, 0.2) is 18.2 Å². The number of carboxylic acid groups (broad SMARTS) is 1. The van der Waals surface area contributed by atoms with Gasteiger partial charge >= 0.3 is 12.1 Å². The number of benzene rings is 1. The van der Waals surface area contributed by atoms with Crippen LogP contribution >= 0.6 is 0 Å². The number of carbonyl (C=O) groups is 2. The maximum atomic E-state index is 11.4. The number of anilines is 1. The number of rotatable bonds is 4. The van der Waals surface area contributed by atoms with Crippen molar-refractivity contribution in [1.29, 1.82) is 0 Å². The minimum absolute atomic E-state index is 0.201. The Morgan fingerprint density at radius 3 is 2.53 bits per heavy atom. The van der Waals surface area contributed by atoms with E-state index in [1.165, 1.54) is 26.4 Å². The quantitative estimate of drug-likeness (QED) is 0.538. The molecule has 0 bridgehead atoms. The van der Waals surface area contributed by atoms with Crippen molar-refractivity contribution in [2.45, 2.75) is 0 Å². The second kappa shape index (κ2) is 5.59. The molecule has 7 nitrogen and oxygen atoms in total. The third-order valence-electron chi connectivity index (χ3n) is 1.92. The Kier molecular flexibility index (Phi) is 4.15. The van der Waals surface area contributed by atoms with Gasteiger partial charge in [-0.05, 0) is 18.2 Å². The van der Waals surface area contributed by atoms with Gasteiger partial charge in [0.25, 0.3) is 0 Å². The summed E-state index contributed by atoms with van der Waals surface area (Å²) in [6, 6.07) is 4.50. The summed E-state index contributed by atoms with van der Waals surface area (Å²) < 4.78 is 9.56. The number of amides is 1. The average molecular weight is 240 g/mol. The number of nitrogens with one attached hydrogen (secondary N) is 2. The van der Waals surface area contributed by atoms with E-state index in [1.807, 2.05) is 5.43 Å². The smallest absolute Gasteiger partial charge is 0.423 e. The van der Waals surface area contributed by atoms with Crippen LogP contribution in [-0.2, 0) is 4.74 Å². The van der Waals surface area contributed by atoms with Crippen molar-refractivity contribution in [3.63, 3.8) is 0 Å². The van der Waals surface area contributed by atoms with Crippen molar-refractivity contribution >= 4 is 17.7 Å². The fourth-order valence-electron chi connectivity index (χ4n) is 1.18. The highest BCUT2D eigenvalue weighted by Crippen LogP contribution is 2.22. The predicted molar refractivity (Wildman–Crippen MR) is 59.1 cm³/mol.